The van der Waals surface area contributed by atoms with E-state index in [1.165, 1.54) is 0 Å². The van der Waals surface area contributed by atoms with Crippen LogP contribution >= 0.6 is 0 Å². The number of nitrogens with zero attached hydrogens (tertiary/aromatic N) is 5. The van der Waals surface area contributed by atoms with E-state index in [4.69, 9.17) is 4.74 Å². The number of carbonyl (C=O) groups is 1. The predicted octanol–water partition coefficient (Wildman–Crippen LogP) is 2.39. The van der Waals surface area contributed by atoms with Crippen molar-refractivity contribution in [2.75, 3.05) is 19.0 Å². The Morgan fingerprint density at radius 2 is 2.00 bits per heavy atom. The average molecular weight is 378 g/mol. The van der Waals surface area contributed by atoms with Gasteiger partial charge in [-0.2, -0.15) is 5.10 Å². The smallest absolute Gasteiger partial charge is 0.275 e. The third kappa shape index (κ3) is 3.40. The van der Waals surface area contributed by atoms with Gasteiger partial charge in [0, 0.05) is 43.4 Å². The molecule has 1 aliphatic heterocycles. The molecule has 1 saturated heterocycles. The predicted molar refractivity (Wildman–Crippen MR) is 105 cm³/mol. The molecule has 0 aromatic carbocycles. The van der Waals surface area contributed by atoms with Crippen molar-refractivity contribution in [3.8, 4) is 11.4 Å². The van der Waals surface area contributed by atoms with Gasteiger partial charge in [0.05, 0.1) is 12.8 Å². The maximum absolute atomic E-state index is 13.2. The Bertz CT molecular complexity index is 959. The lowest BCUT2D eigenvalue weighted by atomic mass is 10.2. The van der Waals surface area contributed by atoms with Crippen LogP contribution in [0.15, 0.2) is 55.1 Å². The van der Waals surface area contributed by atoms with Crippen molar-refractivity contribution in [2.45, 2.75) is 25.4 Å². The SMILES string of the molecule is COc1cccnc1N[C@@H]1C[C@@H](C)N(C(=O)c2ncccc2-n2cccn2)C1. The Morgan fingerprint density at radius 1 is 1.18 bits per heavy atom. The number of hydrogen-bond acceptors (Lipinski definition) is 6. The third-order valence-corrected chi connectivity index (χ3v) is 4.91. The van der Waals surface area contributed by atoms with Gasteiger partial charge in [0.25, 0.3) is 5.91 Å². The Morgan fingerprint density at radius 3 is 2.79 bits per heavy atom. The summed E-state index contributed by atoms with van der Waals surface area (Å²) in [5, 5.41) is 7.64. The summed E-state index contributed by atoms with van der Waals surface area (Å²) in [6, 6.07) is 9.32. The fourth-order valence-electron chi connectivity index (χ4n) is 3.57. The Hall–Kier alpha value is -3.42. The van der Waals surface area contributed by atoms with Crippen LogP contribution in [0.4, 0.5) is 5.82 Å². The zero-order valence-electron chi connectivity index (χ0n) is 15.8. The van der Waals surface area contributed by atoms with Gasteiger partial charge in [-0.1, -0.05) is 0 Å². The number of likely N-dealkylation sites (tertiary alicyclic amines) is 1. The van der Waals surface area contributed by atoms with Crippen molar-refractivity contribution >= 4 is 11.7 Å². The molecule has 1 amide bonds. The first kappa shape index (κ1) is 18.0. The highest BCUT2D eigenvalue weighted by Crippen LogP contribution is 2.27. The van der Waals surface area contributed by atoms with Crippen LogP contribution in [0.2, 0.25) is 0 Å². The number of rotatable bonds is 5. The van der Waals surface area contributed by atoms with E-state index in [-0.39, 0.29) is 18.0 Å². The second-order valence-electron chi connectivity index (χ2n) is 6.76. The molecule has 0 bridgehead atoms. The normalized spacial score (nSPS) is 18.9. The highest BCUT2D eigenvalue weighted by Gasteiger charge is 2.35. The minimum absolute atomic E-state index is 0.0761. The molecule has 0 unspecified atom stereocenters. The average Bonchev–Trinajstić information content (AvgIpc) is 3.38. The number of hydrogen-bond donors (Lipinski definition) is 1. The van der Waals surface area contributed by atoms with Crippen LogP contribution in [-0.4, -0.2) is 56.3 Å². The first-order valence-electron chi connectivity index (χ1n) is 9.19. The fourth-order valence-corrected chi connectivity index (χ4v) is 3.57. The van der Waals surface area contributed by atoms with Crippen molar-refractivity contribution in [2.24, 2.45) is 0 Å². The molecule has 0 saturated carbocycles. The molecule has 4 rings (SSSR count). The summed E-state index contributed by atoms with van der Waals surface area (Å²) < 4.78 is 7.02. The zero-order chi connectivity index (χ0) is 19.5. The lowest BCUT2D eigenvalue weighted by Crippen LogP contribution is -2.36. The van der Waals surface area contributed by atoms with Gasteiger partial charge in [-0.05, 0) is 43.7 Å². The monoisotopic (exact) mass is 378 g/mol. The summed E-state index contributed by atoms with van der Waals surface area (Å²) in [6.07, 6.45) is 7.65. The Kier molecular flexibility index (Phi) is 4.92. The molecule has 28 heavy (non-hydrogen) atoms. The van der Waals surface area contributed by atoms with Crippen LogP contribution in [0.5, 0.6) is 5.75 Å². The van der Waals surface area contributed by atoms with Crippen LogP contribution in [0.1, 0.15) is 23.8 Å². The maximum Gasteiger partial charge on any atom is 0.275 e. The molecular weight excluding hydrogens is 356 g/mol. The van der Waals surface area contributed by atoms with E-state index in [9.17, 15) is 4.79 Å². The van der Waals surface area contributed by atoms with Crippen LogP contribution in [0, 0.1) is 0 Å². The molecule has 144 valence electrons. The molecule has 1 fully saturated rings. The van der Waals surface area contributed by atoms with Gasteiger partial charge in [0.15, 0.2) is 17.3 Å². The third-order valence-electron chi connectivity index (χ3n) is 4.91. The fraction of sp³-hybridized carbons (Fsp3) is 0.300. The molecular formula is C20H22N6O2. The van der Waals surface area contributed by atoms with E-state index < -0.39 is 0 Å². The standard InChI is InChI=1S/C20H22N6O2/c1-14-12-15(24-19-17(28-2)7-4-9-22-19)13-25(14)20(27)18-16(6-3-8-21-18)26-11-5-10-23-26/h3-11,14-15H,12-13H2,1-2H3,(H,22,24)/t14-,15-/m1/s1. The highest BCUT2D eigenvalue weighted by atomic mass is 16.5. The first-order chi connectivity index (χ1) is 13.7. The summed E-state index contributed by atoms with van der Waals surface area (Å²) in [5.41, 5.74) is 1.07. The summed E-state index contributed by atoms with van der Waals surface area (Å²) in [6.45, 7) is 2.61. The van der Waals surface area contributed by atoms with Crippen molar-refractivity contribution in [3.05, 3.63) is 60.8 Å². The van der Waals surface area contributed by atoms with Gasteiger partial charge in [-0.15, -0.1) is 0 Å². The van der Waals surface area contributed by atoms with Crippen molar-refractivity contribution in [3.63, 3.8) is 0 Å². The summed E-state index contributed by atoms with van der Waals surface area (Å²) in [5.74, 6) is 1.27. The molecule has 3 aromatic heterocycles. The molecule has 1 N–H and O–H groups in total. The van der Waals surface area contributed by atoms with Crippen LogP contribution in [-0.2, 0) is 0 Å². The molecule has 3 aromatic rings. The number of carbonyl (C=O) groups excluding carboxylic acids is 1. The van der Waals surface area contributed by atoms with E-state index in [0.717, 1.165) is 6.42 Å². The number of pyridine rings is 2. The van der Waals surface area contributed by atoms with Crippen molar-refractivity contribution in [1.82, 2.24) is 24.6 Å². The van der Waals surface area contributed by atoms with Crippen molar-refractivity contribution in [1.29, 1.82) is 0 Å². The van der Waals surface area contributed by atoms with Gasteiger partial charge in [0.1, 0.15) is 0 Å². The van der Waals surface area contributed by atoms with E-state index in [2.05, 4.69) is 20.4 Å². The van der Waals surface area contributed by atoms with E-state index in [0.29, 0.717) is 29.5 Å². The maximum atomic E-state index is 13.2. The largest absolute Gasteiger partial charge is 0.493 e. The van der Waals surface area contributed by atoms with E-state index in [1.54, 1.807) is 42.6 Å². The number of methoxy groups -OCH3 is 1. The topological polar surface area (TPSA) is 85.2 Å². The van der Waals surface area contributed by atoms with Gasteiger partial charge >= 0.3 is 0 Å². The lowest BCUT2D eigenvalue weighted by Gasteiger charge is -2.22. The number of nitrogens with one attached hydrogen (secondary N) is 1. The molecule has 2 atom stereocenters. The van der Waals surface area contributed by atoms with E-state index >= 15 is 0 Å². The number of ether oxygens (including phenoxy) is 1. The Labute approximate surface area is 163 Å². The van der Waals surface area contributed by atoms with Gasteiger partial charge < -0.3 is 15.0 Å². The lowest BCUT2D eigenvalue weighted by molar-refractivity contribution is 0.0740. The van der Waals surface area contributed by atoms with Crippen LogP contribution in [0.3, 0.4) is 0 Å². The molecule has 0 aliphatic carbocycles. The second kappa shape index (κ2) is 7.67. The number of anilines is 1. The molecule has 1 aliphatic rings. The number of aromatic nitrogens is 4. The van der Waals surface area contributed by atoms with Gasteiger partial charge in [0.2, 0.25) is 0 Å². The highest BCUT2D eigenvalue weighted by molar-refractivity contribution is 5.96. The van der Waals surface area contributed by atoms with Crippen LogP contribution < -0.4 is 10.1 Å². The van der Waals surface area contributed by atoms with Gasteiger partial charge in [-0.3, -0.25) is 4.79 Å². The Balaban J connectivity index is 1.54. The molecule has 8 heteroatoms. The quantitative estimate of drug-likeness (QED) is 0.734. The van der Waals surface area contributed by atoms with Crippen molar-refractivity contribution < 1.29 is 9.53 Å². The molecule has 8 nitrogen and oxygen atoms in total. The van der Waals surface area contributed by atoms with Crippen LogP contribution in [0.25, 0.3) is 5.69 Å². The van der Waals surface area contributed by atoms with Gasteiger partial charge in [-0.25, -0.2) is 14.6 Å². The summed E-state index contributed by atoms with van der Waals surface area (Å²) >= 11 is 0. The summed E-state index contributed by atoms with van der Waals surface area (Å²) in [4.78, 5) is 23.8. The first-order valence-corrected chi connectivity index (χ1v) is 9.19. The minimum Gasteiger partial charge on any atom is -0.493 e. The molecule has 0 radical (unpaired) electrons. The summed E-state index contributed by atoms with van der Waals surface area (Å²) in [7, 11) is 1.62. The second-order valence-corrected chi connectivity index (χ2v) is 6.76. The minimum atomic E-state index is -0.101. The molecule has 4 heterocycles. The van der Waals surface area contributed by atoms with E-state index in [1.807, 2.05) is 36.1 Å². The number of amides is 1. The molecule has 0 spiro atoms. The zero-order valence-corrected chi connectivity index (χ0v) is 15.8.